The second-order valence-electron chi connectivity index (χ2n) is 7.52. The van der Waals surface area contributed by atoms with Crippen molar-refractivity contribution in [2.24, 2.45) is 5.92 Å². The van der Waals surface area contributed by atoms with Crippen LogP contribution in [0.5, 0.6) is 5.75 Å². The van der Waals surface area contributed by atoms with Gasteiger partial charge in [0.05, 0.1) is 19.1 Å². The first kappa shape index (κ1) is 20.7. The van der Waals surface area contributed by atoms with E-state index in [0.717, 1.165) is 22.6 Å². The lowest BCUT2D eigenvalue weighted by Crippen LogP contribution is -2.32. The van der Waals surface area contributed by atoms with Crippen LogP contribution < -0.4 is 15.0 Å². The summed E-state index contributed by atoms with van der Waals surface area (Å²) in [6.45, 7) is 3.97. The Bertz CT molecular complexity index is 1030. The summed E-state index contributed by atoms with van der Waals surface area (Å²) in [6.07, 6.45) is 3.88. The molecule has 0 spiro atoms. The molecule has 0 bridgehead atoms. The Hall–Kier alpha value is -3.61. The van der Waals surface area contributed by atoms with E-state index in [1.807, 2.05) is 72.4 Å². The summed E-state index contributed by atoms with van der Waals surface area (Å²) in [5.74, 6) is 0.261. The monoisotopic (exact) mass is 418 g/mol. The highest BCUT2D eigenvalue weighted by molar-refractivity contribution is 6.00. The van der Waals surface area contributed by atoms with Crippen LogP contribution >= 0.6 is 0 Å². The molecule has 2 aromatic carbocycles. The Morgan fingerprint density at radius 3 is 2.61 bits per heavy atom. The quantitative estimate of drug-likeness (QED) is 0.610. The summed E-state index contributed by atoms with van der Waals surface area (Å²) in [5, 5.41) is 7.26. The van der Waals surface area contributed by atoms with Crippen molar-refractivity contribution in [2.45, 2.75) is 26.4 Å². The molecule has 1 aromatic heterocycles. The molecule has 0 radical (unpaired) electrons. The zero-order chi connectivity index (χ0) is 21.6. The zero-order valence-corrected chi connectivity index (χ0v) is 17.5. The Balaban J connectivity index is 1.36. The Morgan fingerprint density at radius 1 is 1.13 bits per heavy atom. The average molecular weight is 418 g/mol. The molecule has 1 fully saturated rings. The van der Waals surface area contributed by atoms with Gasteiger partial charge in [0.2, 0.25) is 11.8 Å². The first-order chi connectivity index (χ1) is 15.1. The topological polar surface area (TPSA) is 76.5 Å². The Morgan fingerprint density at radius 2 is 1.90 bits per heavy atom. The van der Waals surface area contributed by atoms with E-state index in [1.165, 1.54) is 0 Å². The minimum absolute atomic E-state index is 0.0385. The van der Waals surface area contributed by atoms with E-state index in [-0.39, 0.29) is 24.2 Å². The summed E-state index contributed by atoms with van der Waals surface area (Å²) >= 11 is 0. The fourth-order valence-corrected chi connectivity index (χ4v) is 3.80. The lowest BCUT2D eigenvalue weighted by Gasteiger charge is -2.17. The van der Waals surface area contributed by atoms with Crippen LogP contribution in [0, 0.1) is 5.92 Å². The predicted molar refractivity (Wildman–Crippen MR) is 118 cm³/mol. The van der Waals surface area contributed by atoms with Gasteiger partial charge in [-0.05, 0) is 48.4 Å². The third kappa shape index (κ3) is 4.94. The van der Waals surface area contributed by atoms with Crippen LogP contribution in [0.1, 0.15) is 24.5 Å². The highest BCUT2D eigenvalue weighted by atomic mass is 16.5. The van der Waals surface area contributed by atoms with Crippen molar-refractivity contribution in [1.29, 1.82) is 0 Å². The second-order valence-corrected chi connectivity index (χ2v) is 7.52. The number of hydrogen-bond acceptors (Lipinski definition) is 4. The van der Waals surface area contributed by atoms with Crippen molar-refractivity contribution in [3.8, 4) is 5.75 Å². The van der Waals surface area contributed by atoms with E-state index in [0.29, 0.717) is 26.2 Å². The van der Waals surface area contributed by atoms with Crippen molar-refractivity contribution < 1.29 is 14.3 Å². The molecule has 1 unspecified atom stereocenters. The largest absolute Gasteiger partial charge is 0.494 e. The van der Waals surface area contributed by atoms with E-state index >= 15 is 0 Å². The number of amides is 2. The predicted octanol–water partition coefficient (Wildman–Crippen LogP) is 3.00. The van der Waals surface area contributed by atoms with Gasteiger partial charge in [0, 0.05) is 37.6 Å². The van der Waals surface area contributed by atoms with Crippen molar-refractivity contribution >= 4 is 17.5 Å². The second kappa shape index (κ2) is 9.47. The Labute approximate surface area is 181 Å². The van der Waals surface area contributed by atoms with Crippen molar-refractivity contribution in [1.82, 2.24) is 15.1 Å². The lowest BCUT2D eigenvalue weighted by molar-refractivity contribution is -0.126. The molecule has 7 heteroatoms. The van der Waals surface area contributed by atoms with Gasteiger partial charge in [0.15, 0.2) is 0 Å². The number of rotatable bonds is 8. The molecule has 160 valence electrons. The third-order valence-corrected chi connectivity index (χ3v) is 5.42. The number of ether oxygens (including phenoxy) is 1. The maximum atomic E-state index is 12.8. The number of nitrogens with one attached hydrogen (secondary N) is 1. The van der Waals surface area contributed by atoms with E-state index in [1.54, 1.807) is 11.1 Å². The fourth-order valence-electron chi connectivity index (χ4n) is 3.80. The van der Waals surface area contributed by atoms with Crippen molar-refractivity contribution in [3.05, 3.63) is 78.1 Å². The number of benzene rings is 2. The molecular weight excluding hydrogens is 392 g/mol. The molecule has 31 heavy (non-hydrogen) atoms. The SMILES string of the molecule is CCOc1ccc(N2CC(C(=O)NCc3ccccc3Cn3cccn3)CC2=O)cc1. The average Bonchev–Trinajstić information content (AvgIpc) is 3.43. The molecule has 1 atom stereocenters. The van der Waals surface area contributed by atoms with Gasteiger partial charge in [0.1, 0.15) is 5.75 Å². The zero-order valence-electron chi connectivity index (χ0n) is 17.5. The van der Waals surface area contributed by atoms with Gasteiger partial charge in [-0.1, -0.05) is 24.3 Å². The summed E-state index contributed by atoms with van der Waals surface area (Å²) in [4.78, 5) is 27.0. The number of nitrogens with zero attached hydrogens (tertiary/aromatic N) is 3. The van der Waals surface area contributed by atoms with Crippen LogP contribution in [-0.4, -0.2) is 34.7 Å². The molecule has 1 aliphatic heterocycles. The highest BCUT2D eigenvalue weighted by Gasteiger charge is 2.35. The first-order valence-electron chi connectivity index (χ1n) is 10.5. The standard InChI is InChI=1S/C24H26N4O3/c1-2-31-22-10-8-21(9-11-22)28-17-20(14-23(28)29)24(30)25-15-18-6-3-4-7-19(18)16-27-13-5-12-26-27/h3-13,20H,2,14-17H2,1H3,(H,25,30). The minimum Gasteiger partial charge on any atom is -0.494 e. The first-order valence-corrected chi connectivity index (χ1v) is 10.5. The molecular formula is C24H26N4O3. The van der Waals surface area contributed by atoms with Gasteiger partial charge in [-0.15, -0.1) is 0 Å². The maximum Gasteiger partial charge on any atom is 0.227 e. The smallest absolute Gasteiger partial charge is 0.227 e. The molecule has 1 saturated heterocycles. The normalized spacial score (nSPS) is 15.8. The lowest BCUT2D eigenvalue weighted by atomic mass is 10.1. The van der Waals surface area contributed by atoms with Gasteiger partial charge in [-0.25, -0.2) is 0 Å². The van der Waals surface area contributed by atoms with Crippen LogP contribution in [0.4, 0.5) is 5.69 Å². The van der Waals surface area contributed by atoms with Crippen LogP contribution in [0.2, 0.25) is 0 Å². The molecule has 2 heterocycles. The number of hydrogen-bond donors (Lipinski definition) is 1. The molecule has 0 saturated carbocycles. The van der Waals surface area contributed by atoms with Crippen LogP contribution in [0.25, 0.3) is 0 Å². The molecule has 1 aliphatic rings. The molecule has 4 rings (SSSR count). The number of carbonyl (C=O) groups is 2. The van der Waals surface area contributed by atoms with Gasteiger partial charge in [0.25, 0.3) is 0 Å². The fraction of sp³-hybridized carbons (Fsp3) is 0.292. The summed E-state index contributed by atoms with van der Waals surface area (Å²) < 4.78 is 7.31. The van der Waals surface area contributed by atoms with Gasteiger partial charge in [-0.3, -0.25) is 14.3 Å². The number of carbonyl (C=O) groups excluding carboxylic acids is 2. The van der Waals surface area contributed by atoms with Gasteiger partial charge in [-0.2, -0.15) is 5.10 Å². The van der Waals surface area contributed by atoms with Gasteiger partial charge >= 0.3 is 0 Å². The maximum absolute atomic E-state index is 12.8. The van der Waals surface area contributed by atoms with E-state index in [4.69, 9.17) is 4.74 Å². The molecule has 3 aromatic rings. The molecule has 1 N–H and O–H groups in total. The van der Waals surface area contributed by atoms with Crippen LogP contribution in [0.3, 0.4) is 0 Å². The summed E-state index contributed by atoms with van der Waals surface area (Å²) in [6, 6.07) is 17.3. The van der Waals surface area contributed by atoms with Gasteiger partial charge < -0.3 is 15.0 Å². The summed E-state index contributed by atoms with van der Waals surface area (Å²) in [5.41, 5.74) is 2.93. The summed E-state index contributed by atoms with van der Waals surface area (Å²) in [7, 11) is 0. The number of anilines is 1. The van der Waals surface area contributed by atoms with E-state index in [9.17, 15) is 9.59 Å². The molecule has 2 amide bonds. The Kier molecular flexibility index (Phi) is 6.31. The van der Waals surface area contributed by atoms with Crippen LogP contribution in [-0.2, 0) is 22.7 Å². The van der Waals surface area contributed by atoms with Crippen LogP contribution in [0.15, 0.2) is 67.0 Å². The molecule has 0 aliphatic carbocycles. The number of aromatic nitrogens is 2. The third-order valence-electron chi connectivity index (χ3n) is 5.42. The minimum atomic E-state index is -0.364. The van der Waals surface area contributed by atoms with Crippen molar-refractivity contribution in [2.75, 3.05) is 18.1 Å². The highest BCUT2D eigenvalue weighted by Crippen LogP contribution is 2.27. The van der Waals surface area contributed by atoms with E-state index in [2.05, 4.69) is 10.4 Å². The van der Waals surface area contributed by atoms with Crippen molar-refractivity contribution in [3.63, 3.8) is 0 Å². The van der Waals surface area contributed by atoms with E-state index < -0.39 is 0 Å². The molecule has 7 nitrogen and oxygen atoms in total.